The molecule has 314 valence electrons. The van der Waals surface area contributed by atoms with E-state index in [1.807, 2.05) is 11.0 Å². The van der Waals surface area contributed by atoms with Crippen LogP contribution in [0.2, 0.25) is 0 Å². The Bertz CT molecular complexity index is 1900. The average Bonchev–Trinajstić information content (AvgIpc) is 3.86. The Morgan fingerprint density at radius 3 is 2.35 bits per heavy atom. The van der Waals surface area contributed by atoms with E-state index in [1.165, 1.54) is 24.1 Å². The standard InChI is InChI=1S/C38H55FN8O9S/c1-41-35(49)31-24-28(56-38(52)46-21-19-45(20-22-46)33-14-10-15-34(48)44(33)2)25-47(31)36(50)30(43-37(51)55-27-11-7-8-12-27)13-6-4-3-5-9-18-42-29-17-16-26(39)23-32(29)57(40,53)54/h10,14-17,23,27-28,30-31,42H,3-9,11-13,18-22,24-25H2,1-2H3,(H,41,49)(H,43,51)(H2,40,53,54)/t28-,30+,31+/m1/s1. The van der Waals surface area contributed by atoms with Crippen molar-refractivity contribution in [1.29, 1.82) is 0 Å². The SMILES string of the molecule is CNC(=O)[C@@H]1C[C@@H](OC(=O)N2CCN(c3cccc(=O)n3C)CC2)CN1C(=O)[C@H](CCCCCCCNc1ccc(F)cc1S(N)(=O)=O)NC(=O)OC1CCCC1. The maximum Gasteiger partial charge on any atom is 0.410 e. The van der Waals surface area contributed by atoms with E-state index in [1.54, 1.807) is 22.6 Å². The molecular formula is C38H55FN8O9S. The smallest absolute Gasteiger partial charge is 0.410 e. The first kappa shape index (κ1) is 43.2. The van der Waals surface area contributed by atoms with Crippen LogP contribution >= 0.6 is 0 Å². The molecule has 0 bridgehead atoms. The van der Waals surface area contributed by atoms with Gasteiger partial charge in [0.1, 0.15) is 40.8 Å². The zero-order valence-electron chi connectivity index (χ0n) is 32.6. The number of carbonyl (C=O) groups excluding carboxylic acids is 4. The van der Waals surface area contributed by atoms with Gasteiger partial charge >= 0.3 is 12.2 Å². The third kappa shape index (κ3) is 11.8. The van der Waals surface area contributed by atoms with E-state index in [2.05, 4.69) is 16.0 Å². The number of anilines is 2. The zero-order chi connectivity index (χ0) is 41.1. The molecular weight excluding hydrogens is 764 g/mol. The van der Waals surface area contributed by atoms with Gasteiger partial charge in [0.2, 0.25) is 21.8 Å². The number of hydrogen-bond donors (Lipinski definition) is 4. The second-order valence-corrected chi connectivity index (χ2v) is 16.3. The van der Waals surface area contributed by atoms with E-state index >= 15 is 0 Å². The number of ether oxygens (including phenoxy) is 2. The number of nitrogens with zero attached hydrogens (tertiary/aromatic N) is 4. The van der Waals surface area contributed by atoms with Gasteiger partial charge in [0.25, 0.3) is 5.56 Å². The molecule has 3 heterocycles. The molecule has 2 aliphatic heterocycles. The summed E-state index contributed by atoms with van der Waals surface area (Å²) in [5, 5.41) is 13.6. The van der Waals surface area contributed by atoms with E-state index < -0.39 is 58.0 Å². The van der Waals surface area contributed by atoms with Crippen molar-refractivity contribution in [2.24, 2.45) is 12.2 Å². The topological polar surface area (TPSA) is 215 Å². The summed E-state index contributed by atoms with van der Waals surface area (Å²) in [6, 6.07) is 6.49. The molecule has 1 saturated carbocycles. The van der Waals surface area contributed by atoms with Gasteiger partial charge in [0, 0.05) is 59.3 Å². The number of benzene rings is 1. The Labute approximate surface area is 332 Å². The highest BCUT2D eigenvalue weighted by atomic mass is 32.2. The molecule has 5 rings (SSSR count). The largest absolute Gasteiger partial charge is 0.446 e. The third-order valence-corrected chi connectivity index (χ3v) is 11.7. The van der Waals surface area contributed by atoms with Crippen LogP contribution in [0.5, 0.6) is 0 Å². The lowest BCUT2D eigenvalue weighted by Gasteiger charge is -2.36. The fourth-order valence-corrected chi connectivity index (χ4v) is 8.37. The normalized spacial score (nSPS) is 19.3. The molecule has 19 heteroatoms. The van der Waals surface area contributed by atoms with Gasteiger partial charge in [-0.3, -0.25) is 19.0 Å². The summed E-state index contributed by atoms with van der Waals surface area (Å²) in [5.74, 6) is -0.840. The van der Waals surface area contributed by atoms with Gasteiger partial charge in [0.15, 0.2) is 0 Å². The second kappa shape index (κ2) is 20.0. The minimum absolute atomic E-state index is 0.0289. The summed E-state index contributed by atoms with van der Waals surface area (Å²) < 4.78 is 50.4. The Balaban J connectivity index is 1.14. The van der Waals surface area contributed by atoms with Gasteiger partial charge in [0.05, 0.1) is 12.2 Å². The molecule has 1 aromatic heterocycles. The van der Waals surface area contributed by atoms with Crippen molar-refractivity contribution in [1.82, 2.24) is 25.0 Å². The molecule has 0 spiro atoms. The number of pyridine rings is 1. The number of likely N-dealkylation sites (N-methyl/N-ethyl adjacent to an activating group) is 1. The fraction of sp³-hybridized carbons (Fsp3) is 0.605. The number of carbonyl (C=O) groups is 4. The number of nitrogens with two attached hydrogens (primary N) is 1. The van der Waals surface area contributed by atoms with Crippen LogP contribution in [-0.4, -0.2) is 117 Å². The monoisotopic (exact) mass is 818 g/mol. The molecule has 4 amide bonds. The molecule has 2 saturated heterocycles. The lowest BCUT2D eigenvalue weighted by Crippen LogP contribution is -2.53. The van der Waals surface area contributed by atoms with E-state index in [-0.39, 0.29) is 41.6 Å². The number of hydrogen-bond acceptors (Lipinski definition) is 11. The minimum Gasteiger partial charge on any atom is -0.446 e. The molecule has 17 nitrogen and oxygen atoms in total. The van der Waals surface area contributed by atoms with Gasteiger partial charge in [-0.15, -0.1) is 0 Å². The Morgan fingerprint density at radius 1 is 0.947 bits per heavy atom. The van der Waals surface area contributed by atoms with Crippen molar-refractivity contribution in [2.45, 2.75) is 99.8 Å². The number of halogens is 1. The van der Waals surface area contributed by atoms with Crippen molar-refractivity contribution in [2.75, 3.05) is 56.5 Å². The Hall–Kier alpha value is -4.91. The van der Waals surface area contributed by atoms with Crippen molar-refractivity contribution in [3.05, 3.63) is 52.6 Å². The maximum absolute atomic E-state index is 14.2. The molecule has 57 heavy (non-hydrogen) atoms. The lowest BCUT2D eigenvalue weighted by molar-refractivity contribution is -0.140. The van der Waals surface area contributed by atoms with Gasteiger partial charge in [-0.2, -0.15) is 0 Å². The Morgan fingerprint density at radius 2 is 1.65 bits per heavy atom. The number of primary sulfonamides is 1. The number of amides is 4. The minimum atomic E-state index is -4.11. The highest BCUT2D eigenvalue weighted by molar-refractivity contribution is 7.89. The zero-order valence-corrected chi connectivity index (χ0v) is 33.4. The quantitative estimate of drug-likeness (QED) is 0.181. The first-order valence-corrected chi connectivity index (χ1v) is 21.2. The summed E-state index contributed by atoms with van der Waals surface area (Å²) in [6.45, 7) is 2.09. The van der Waals surface area contributed by atoms with Crippen LogP contribution in [0.4, 0.5) is 25.5 Å². The number of likely N-dealkylation sites (tertiary alicyclic amines) is 1. The predicted octanol–water partition coefficient (Wildman–Crippen LogP) is 2.64. The molecule has 1 aliphatic carbocycles. The predicted molar refractivity (Wildman–Crippen MR) is 210 cm³/mol. The molecule has 3 fully saturated rings. The fourth-order valence-electron chi connectivity index (χ4n) is 7.64. The average molecular weight is 819 g/mol. The number of sulfonamides is 1. The number of unbranched alkanes of at least 4 members (excludes halogenated alkanes) is 4. The van der Waals surface area contributed by atoms with Gasteiger partial charge < -0.3 is 40.1 Å². The molecule has 3 atom stereocenters. The molecule has 3 aliphatic rings. The molecule has 2 aromatic rings. The number of alkyl carbamates (subject to hydrolysis) is 1. The number of aromatic nitrogens is 1. The number of piperazine rings is 1. The first-order valence-electron chi connectivity index (χ1n) is 19.7. The van der Waals surface area contributed by atoms with Crippen LogP contribution in [0, 0.1) is 5.82 Å². The lowest BCUT2D eigenvalue weighted by atomic mass is 10.0. The van der Waals surface area contributed by atoms with Gasteiger partial charge in [-0.1, -0.05) is 31.7 Å². The second-order valence-electron chi connectivity index (χ2n) is 14.8. The van der Waals surface area contributed by atoms with Crippen molar-refractivity contribution in [3.63, 3.8) is 0 Å². The maximum atomic E-state index is 14.2. The van der Waals surface area contributed by atoms with E-state index in [9.17, 15) is 36.8 Å². The van der Waals surface area contributed by atoms with Crippen LogP contribution in [0.15, 0.2) is 46.1 Å². The van der Waals surface area contributed by atoms with Crippen LogP contribution in [0.3, 0.4) is 0 Å². The number of nitrogens with one attached hydrogen (secondary N) is 3. The van der Waals surface area contributed by atoms with Crippen LogP contribution in [-0.2, 0) is 36.1 Å². The van der Waals surface area contributed by atoms with E-state index in [0.29, 0.717) is 45.6 Å². The number of rotatable bonds is 16. The molecule has 0 radical (unpaired) electrons. The van der Waals surface area contributed by atoms with Crippen molar-refractivity contribution >= 4 is 45.5 Å². The van der Waals surface area contributed by atoms with Crippen LogP contribution in [0.1, 0.15) is 70.6 Å². The molecule has 0 unspecified atom stereocenters. The summed E-state index contributed by atoms with van der Waals surface area (Å²) in [7, 11) is -0.944. The molecule has 5 N–H and O–H groups in total. The Kier molecular flexibility index (Phi) is 15.2. The highest BCUT2D eigenvalue weighted by Gasteiger charge is 2.44. The molecule has 1 aromatic carbocycles. The summed E-state index contributed by atoms with van der Waals surface area (Å²) >= 11 is 0. The third-order valence-electron chi connectivity index (χ3n) is 10.8. The summed E-state index contributed by atoms with van der Waals surface area (Å²) in [4.78, 5) is 70.3. The van der Waals surface area contributed by atoms with Crippen molar-refractivity contribution < 1.29 is 41.5 Å². The van der Waals surface area contributed by atoms with E-state index in [0.717, 1.165) is 62.9 Å². The van der Waals surface area contributed by atoms with Gasteiger partial charge in [-0.25, -0.2) is 27.5 Å². The van der Waals surface area contributed by atoms with Crippen LogP contribution < -0.4 is 31.5 Å². The van der Waals surface area contributed by atoms with Crippen molar-refractivity contribution in [3.8, 4) is 0 Å². The van der Waals surface area contributed by atoms with Gasteiger partial charge in [-0.05, 0) is 62.8 Å². The van der Waals surface area contributed by atoms with E-state index in [4.69, 9.17) is 14.6 Å². The summed E-state index contributed by atoms with van der Waals surface area (Å²) in [6.07, 6.45) is 5.08. The summed E-state index contributed by atoms with van der Waals surface area (Å²) in [5.41, 5.74) is 0.0974. The van der Waals surface area contributed by atoms with Crippen LogP contribution in [0.25, 0.3) is 0 Å². The first-order chi connectivity index (χ1) is 27.2. The highest BCUT2D eigenvalue weighted by Crippen LogP contribution is 2.26.